The molecule has 0 saturated heterocycles. The molecule has 0 aliphatic heterocycles. The van der Waals surface area contributed by atoms with E-state index in [1.54, 1.807) is 36.3 Å². The zero-order valence-corrected chi connectivity index (χ0v) is 13.9. The molecule has 0 spiro atoms. The molecule has 0 radical (unpaired) electrons. The second-order valence-corrected chi connectivity index (χ2v) is 6.75. The summed E-state index contributed by atoms with van der Waals surface area (Å²) in [6, 6.07) is 8.73. The van der Waals surface area contributed by atoms with Crippen LogP contribution < -0.4 is 5.73 Å². The van der Waals surface area contributed by atoms with Crippen molar-refractivity contribution < 1.29 is 4.92 Å². The number of nitro groups is 1. The highest BCUT2D eigenvalue weighted by molar-refractivity contribution is 8.11. The van der Waals surface area contributed by atoms with E-state index in [1.807, 2.05) is 12.1 Å². The van der Waals surface area contributed by atoms with E-state index in [-0.39, 0.29) is 10.6 Å². The van der Waals surface area contributed by atoms with Gasteiger partial charge in [0.05, 0.1) is 4.92 Å². The molecule has 2 N–H and O–H groups in total. The molecular weight excluding hydrogens is 322 g/mol. The molecule has 0 saturated carbocycles. The lowest BCUT2D eigenvalue weighted by molar-refractivity contribution is -0.384. The summed E-state index contributed by atoms with van der Waals surface area (Å²) in [6.45, 7) is 4.12. The average Bonchev–Trinajstić information content (AvgIpc) is 2.75. The third-order valence-electron chi connectivity index (χ3n) is 3.97. The fourth-order valence-corrected chi connectivity index (χ4v) is 3.73. The van der Waals surface area contributed by atoms with Crippen molar-refractivity contribution in [2.75, 3.05) is 0 Å². The van der Waals surface area contributed by atoms with Crippen molar-refractivity contribution in [3.05, 3.63) is 81.0 Å². The maximum absolute atomic E-state index is 11.0. The van der Waals surface area contributed by atoms with Crippen LogP contribution in [0.15, 0.2) is 54.2 Å². The molecule has 1 aliphatic carbocycles. The fraction of sp³-hybridized carbons (Fsp3) is 0.167. The number of rotatable bonds is 4. The number of aromatic nitrogens is 1. The van der Waals surface area contributed by atoms with Crippen LogP contribution >= 0.6 is 11.8 Å². The summed E-state index contributed by atoms with van der Waals surface area (Å²) in [5, 5.41) is 11.0. The van der Waals surface area contributed by atoms with Crippen LogP contribution in [0.1, 0.15) is 29.5 Å². The summed E-state index contributed by atoms with van der Waals surface area (Å²) < 4.78 is 0. The van der Waals surface area contributed by atoms with E-state index in [2.05, 4.69) is 11.6 Å². The third kappa shape index (κ3) is 3.33. The zero-order chi connectivity index (χ0) is 17.1. The summed E-state index contributed by atoms with van der Waals surface area (Å²) in [5.74, 6) is 0. The van der Waals surface area contributed by atoms with E-state index in [0.717, 1.165) is 45.8 Å². The molecule has 24 heavy (non-hydrogen) atoms. The lowest BCUT2D eigenvalue weighted by atomic mass is 10.0. The van der Waals surface area contributed by atoms with E-state index in [9.17, 15) is 10.1 Å². The Balaban J connectivity index is 1.92. The van der Waals surface area contributed by atoms with Crippen molar-refractivity contribution in [3.8, 4) is 0 Å². The van der Waals surface area contributed by atoms with E-state index >= 15 is 0 Å². The number of pyridine rings is 1. The highest BCUT2D eigenvalue weighted by atomic mass is 32.2. The number of non-ortho nitro benzene ring substituents is 1. The molecule has 6 heteroatoms. The van der Waals surface area contributed by atoms with E-state index in [4.69, 9.17) is 5.73 Å². The normalized spacial score (nSPS) is 14.0. The Hall–Kier alpha value is -2.60. The van der Waals surface area contributed by atoms with E-state index in [1.165, 1.54) is 6.07 Å². The maximum Gasteiger partial charge on any atom is 0.269 e. The molecule has 122 valence electrons. The maximum atomic E-state index is 11.0. The van der Waals surface area contributed by atoms with Gasteiger partial charge in [0.1, 0.15) is 0 Å². The predicted octanol–water partition coefficient (Wildman–Crippen LogP) is 4.36. The van der Waals surface area contributed by atoms with Crippen molar-refractivity contribution in [3.63, 3.8) is 0 Å². The molecule has 2 aromatic rings. The molecule has 0 amide bonds. The molecular formula is C18H17N3O2S. The Labute approximate surface area is 144 Å². The second-order valence-electron chi connectivity index (χ2n) is 5.56. The van der Waals surface area contributed by atoms with Gasteiger partial charge in [-0.25, -0.2) is 0 Å². The van der Waals surface area contributed by atoms with Crippen LogP contribution in [0.4, 0.5) is 5.69 Å². The number of allylic oxidation sites excluding steroid dienone is 1. The highest BCUT2D eigenvalue weighted by Gasteiger charge is 2.19. The number of fused-ring (bicyclic) bond motifs is 1. The fourth-order valence-electron chi connectivity index (χ4n) is 2.73. The Morgan fingerprint density at radius 3 is 2.88 bits per heavy atom. The Morgan fingerprint density at radius 1 is 1.33 bits per heavy atom. The number of hydrogen-bond acceptors (Lipinski definition) is 5. The van der Waals surface area contributed by atoms with Gasteiger partial charge in [-0.2, -0.15) is 0 Å². The van der Waals surface area contributed by atoms with Gasteiger partial charge in [-0.15, -0.1) is 0 Å². The van der Waals surface area contributed by atoms with Gasteiger partial charge in [0.25, 0.3) is 5.69 Å². The summed E-state index contributed by atoms with van der Waals surface area (Å²) in [4.78, 5) is 16.7. The summed E-state index contributed by atoms with van der Waals surface area (Å²) in [5.41, 5.74) is 9.96. The first-order valence-corrected chi connectivity index (χ1v) is 8.41. The minimum absolute atomic E-state index is 0.109. The van der Waals surface area contributed by atoms with Gasteiger partial charge in [0.2, 0.25) is 0 Å². The van der Waals surface area contributed by atoms with Crippen molar-refractivity contribution in [2.45, 2.75) is 19.3 Å². The Bertz CT molecular complexity index is 831. The highest BCUT2D eigenvalue weighted by Crippen LogP contribution is 2.40. The zero-order valence-electron chi connectivity index (χ0n) is 13.1. The van der Waals surface area contributed by atoms with Crippen LogP contribution in [0.2, 0.25) is 0 Å². The number of hydrogen-bond donors (Lipinski definition) is 1. The quantitative estimate of drug-likeness (QED) is 0.661. The number of aryl methyl sites for hydroxylation is 1. The summed E-state index contributed by atoms with van der Waals surface area (Å²) in [7, 11) is 0. The van der Waals surface area contributed by atoms with Crippen LogP contribution in [0, 0.1) is 10.1 Å². The molecule has 0 bridgehead atoms. The molecule has 1 heterocycles. The van der Waals surface area contributed by atoms with Crippen molar-refractivity contribution in [1.82, 2.24) is 4.98 Å². The smallest absolute Gasteiger partial charge is 0.269 e. The van der Waals surface area contributed by atoms with Crippen molar-refractivity contribution >= 4 is 28.1 Å². The van der Waals surface area contributed by atoms with Gasteiger partial charge >= 0.3 is 0 Å². The first-order valence-electron chi connectivity index (χ1n) is 7.59. The predicted molar refractivity (Wildman–Crippen MR) is 98.0 cm³/mol. The summed E-state index contributed by atoms with van der Waals surface area (Å²) >= 11 is 1.56. The molecule has 5 nitrogen and oxygen atoms in total. The van der Waals surface area contributed by atoms with Crippen molar-refractivity contribution in [2.24, 2.45) is 5.73 Å². The topological polar surface area (TPSA) is 82.0 Å². The van der Waals surface area contributed by atoms with Gasteiger partial charge < -0.3 is 5.73 Å². The minimum Gasteiger partial charge on any atom is -0.398 e. The van der Waals surface area contributed by atoms with Crippen LogP contribution in [0.5, 0.6) is 0 Å². The molecule has 3 rings (SSSR count). The number of nitrogens with two attached hydrogens (primary N) is 1. The van der Waals surface area contributed by atoms with Crippen LogP contribution in [0.25, 0.3) is 10.6 Å². The Kier molecular flexibility index (Phi) is 4.66. The van der Waals surface area contributed by atoms with Gasteiger partial charge in [-0.3, -0.25) is 15.1 Å². The van der Waals surface area contributed by atoms with Gasteiger partial charge in [0, 0.05) is 51.2 Å². The lowest BCUT2D eigenvalue weighted by Gasteiger charge is -2.12. The summed E-state index contributed by atoms with van der Waals surface area (Å²) in [6.07, 6.45) is 6.01. The van der Waals surface area contributed by atoms with Gasteiger partial charge in [0.15, 0.2) is 0 Å². The largest absolute Gasteiger partial charge is 0.398 e. The second kappa shape index (κ2) is 6.88. The monoisotopic (exact) mass is 339 g/mol. The standard InChI is InChI=1S/C18H17N3O2S/c1-12(14-5-3-9-20-11-14)24-17-6-2-4-13-10-15(21(22)23)7-8-16(13)18(17)19/h3,5,7-11H,1-2,4,6,19H2. The van der Waals surface area contributed by atoms with Crippen LogP contribution in [-0.2, 0) is 6.42 Å². The van der Waals surface area contributed by atoms with E-state index < -0.39 is 0 Å². The molecule has 1 aromatic heterocycles. The SMILES string of the molecule is C=C(SC1=C(N)c2ccc([N+](=O)[O-])cc2CCC1)c1cccnc1. The molecule has 0 atom stereocenters. The first kappa shape index (κ1) is 16.3. The minimum atomic E-state index is -0.370. The molecule has 1 aromatic carbocycles. The van der Waals surface area contributed by atoms with Gasteiger partial charge in [-0.05, 0) is 37.0 Å². The number of thioether (sulfide) groups is 1. The lowest BCUT2D eigenvalue weighted by Crippen LogP contribution is -2.02. The number of nitro benzene ring substituents is 1. The van der Waals surface area contributed by atoms with Crippen LogP contribution in [-0.4, -0.2) is 9.91 Å². The molecule has 1 aliphatic rings. The number of benzene rings is 1. The Morgan fingerprint density at radius 2 is 2.17 bits per heavy atom. The van der Waals surface area contributed by atoms with E-state index in [0.29, 0.717) is 5.70 Å². The number of nitrogens with zero attached hydrogens (tertiary/aromatic N) is 2. The average molecular weight is 339 g/mol. The molecule has 0 unspecified atom stereocenters. The molecule has 0 fully saturated rings. The third-order valence-corrected chi connectivity index (χ3v) is 5.12. The van der Waals surface area contributed by atoms with Gasteiger partial charge in [-0.1, -0.05) is 24.4 Å². The first-order chi connectivity index (χ1) is 11.6. The van der Waals surface area contributed by atoms with Crippen LogP contribution in [0.3, 0.4) is 0 Å². The van der Waals surface area contributed by atoms with Crippen molar-refractivity contribution in [1.29, 1.82) is 0 Å².